The Morgan fingerprint density at radius 1 is 1.41 bits per heavy atom. The van der Waals surface area contributed by atoms with Gasteiger partial charge in [0.2, 0.25) is 0 Å². The van der Waals surface area contributed by atoms with Gasteiger partial charge in [-0.2, -0.15) is 0 Å². The van der Waals surface area contributed by atoms with Crippen LogP contribution in [0.1, 0.15) is 31.6 Å². The summed E-state index contributed by atoms with van der Waals surface area (Å²) in [7, 11) is 0. The summed E-state index contributed by atoms with van der Waals surface area (Å²) < 4.78 is 11.4. The Morgan fingerprint density at radius 2 is 2.24 bits per heavy atom. The van der Waals surface area contributed by atoms with E-state index >= 15 is 0 Å². The second-order valence-corrected chi connectivity index (χ2v) is 5.63. The highest BCUT2D eigenvalue weighted by molar-refractivity contribution is 5.85. The van der Waals surface area contributed by atoms with E-state index in [0.717, 1.165) is 38.3 Å². The number of halogens is 1. The lowest BCUT2D eigenvalue weighted by Gasteiger charge is -2.45. The van der Waals surface area contributed by atoms with Crippen LogP contribution in [-0.2, 0) is 16.6 Å². The third-order valence-corrected chi connectivity index (χ3v) is 3.67. The molecule has 0 radical (unpaired) electrons. The Morgan fingerprint density at radius 3 is 2.94 bits per heavy atom. The molecule has 3 rings (SSSR count). The Balaban J connectivity index is 0.00000108. The van der Waals surface area contributed by atoms with Crippen molar-refractivity contribution in [3.8, 4) is 0 Å². The number of fused-ring (bicyclic) bond motifs is 1. The minimum absolute atomic E-state index is 0. The molecule has 1 spiro atoms. The predicted molar refractivity (Wildman–Crippen MR) is 66.7 cm³/mol. The Bertz CT molecular complexity index is 397. The van der Waals surface area contributed by atoms with E-state index in [1.165, 1.54) is 5.56 Å². The quantitative estimate of drug-likeness (QED) is 0.769. The minimum Gasteiger partial charge on any atom is -0.372 e. The lowest BCUT2D eigenvalue weighted by molar-refractivity contribution is -0.0889. The molecule has 2 aliphatic rings. The standard InChI is InChI=1S/C12H18N2O2.ClH/c1-11(2)7-12(8-13-3-4-15-12)5-9-6-14-16-10(9)11;/h6,13H,3-5,7-8H2,1-2H3;1H. The Hall–Kier alpha value is -0.580. The molecule has 1 saturated heterocycles. The average molecular weight is 259 g/mol. The molecule has 1 aliphatic carbocycles. The van der Waals surface area contributed by atoms with E-state index in [1.54, 1.807) is 0 Å². The van der Waals surface area contributed by atoms with Crippen LogP contribution in [0.15, 0.2) is 10.7 Å². The Kier molecular flexibility index (Phi) is 3.23. The zero-order chi connectivity index (χ0) is 11.2. The number of rotatable bonds is 0. The van der Waals surface area contributed by atoms with Crippen molar-refractivity contribution in [2.45, 2.75) is 37.7 Å². The summed E-state index contributed by atoms with van der Waals surface area (Å²) in [6.07, 6.45) is 3.76. The van der Waals surface area contributed by atoms with Gasteiger partial charge < -0.3 is 14.6 Å². The van der Waals surface area contributed by atoms with E-state index in [2.05, 4.69) is 24.3 Å². The van der Waals surface area contributed by atoms with Crippen LogP contribution in [0, 0.1) is 0 Å². The fourth-order valence-corrected chi connectivity index (χ4v) is 3.17. The van der Waals surface area contributed by atoms with Crippen molar-refractivity contribution < 1.29 is 9.26 Å². The molecule has 1 aliphatic heterocycles. The Labute approximate surface area is 107 Å². The van der Waals surface area contributed by atoms with E-state index in [4.69, 9.17) is 9.26 Å². The van der Waals surface area contributed by atoms with E-state index in [0.29, 0.717) is 0 Å². The summed E-state index contributed by atoms with van der Waals surface area (Å²) >= 11 is 0. The molecular formula is C12H19ClN2O2. The van der Waals surface area contributed by atoms with Gasteiger partial charge in [0.25, 0.3) is 0 Å². The van der Waals surface area contributed by atoms with Gasteiger partial charge in [-0.15, -0.1) is 12.4 Å². The van der Waals surface area contributed by atoms with Crippen LogP contribution < -0.4 is 5.32 Å². The van der Waals surface area contributed by atoms with Crippen molar-refractivity contribution in [2.75, 3.05) is 19.7 Å². The second-order valence-electron chi connectivity index (χ2n) is 5.63. The number of nitrogens with zero attached hydrogens (tertiary/aromatic N) is 1. The number of hydrogen-bond donors (Lipinski definition) is 1. The largest absolute Gasteiger partial charge is 0.372 e. The minimum atomic E-state index is -0.0553. The first kappa shape index (κ1) is 12.9. The van der Waals surface area contributed by atoms with Gasteiger partial charge >= 0.3 is 0 Å². The van der Waals surface area contributed by atoms with Gasteiger partial charge in [0.05, 0.1) is 18.4 Å². The zero-order valence-corrected chi connectivity index (χ0v) is 11.1. The fourth-order valence-electron chi connectivity index (χ4n) is 3.17. The summed E-state index contributed by atoms with van der Waals surface area (Å²) in [5, 5.41) is 7.36. The molecule has 0 bridgehead atoms. The van der Waals surface area contributed by atoms with Crippen LogP contribution in [0.4, 0.5) is 0 Å². The molecule has 1 aromatic rings. The molecule has 2 heterocycles. The number of hydrogen-bond acceptors (Lipinski definition) is 4. The van der Waals surface area contributed by atoms with Crippen LogP contribution in [0.3, 0.4) is 0 Å². The van der Waals surface area contributed by atoms with Gasteiger partial charge in [0.15, 0.2) is 0 Å². The third kappa shape index (κ3) is 2.09. The van der Waals surface area contributed by atoms with Gasteiger partial charge in [-0.25, -0.2) is 0 Å². The molecule has 4 nitrogen and oxygen atoms in total. The second kappa shape index (κ2) is 4.26. The smallest absolute Gasteiger partial charge is 0.145 e. The number of aromatic nitrogens is 1. The van der Waals surface area contributed by atoms with E-state index in [1.807, 2.05) is 6.20 Å². The fraction of sp³-hybridized carbons (Fsp3) is 0.750. The molecule has 1 aromatic heterocycles. The predicted octanol–water partition coefficient (Wildman–Crippen LogP) is 1.68. The van der Waals surface area contributed by atoms with Crippen molar-refractivity contribution in [3.05, 3.63) is 17.5 Å². The first-order valence-corrected chi connectivity index (χ1v) is 5.90. The summed E-state index contributed by atoms with van der Waals surface area (Å²) in [6, 6.07) is 0. The number of nitrogens with one attached hydrogen (secondary N) is 1. The maximum absolute atomic E-state index is 6.04. The molecule has 5 heteroatoms. The van der Waals surface area contributed by atoms with E-state index < -0.39 is 0 Å². The van der Waals surface area contributed by atoms with Gasteiger partial charge in [-0.05, 0) is 6.42 Å². The van der Waals surface area contributed by atoms with E-state index in [9.17, 15) is 0 Å². The summed E-state index contributed by atoms with van der Waals surface area (Å²) in [5.74, 6) is 1.03. The highest BCUT2D eigenvalue weighted by Gasteiger charge is 2.47. The van der Waals surface area contributed by atoms with Crippen molar-refractivity contribution in [3.63, 3.8) is 0 Å². The normalized spacial score (nSPS) is 30.7. The van der Waals surface area contributed by atoms with Gasteiger partial charge in [-0.3, -0.25) is 0 Å². The SMILES string of the molecule is CC1(C)CC2(CNCCO2)Cc2cnoc21.Cl. The van der Waals surface area contributed by atoms with Gasteiger partial charge in [0, 0.05) is 30.5 Å². The summed E-state index contributed by atoms with van der Waals surface area (Å²) in [6.45, 7) is 7.10. The topological polar surface area (TPSA) is 47.3 Å². The molecule has 17 heavy (non-hydrogen) atoms. The van der Waals surface area contributed by atoms with Gasteiger partial charge in [0.1, 0.15) is 5.76 Å². The van der Waals surface area contributed by atoms with Gasteiger partial charge in [-0.1, -0.05) is 19.0 Å². The van der Waals surface area contributed by atoms with Crippen LogP contribution in [0.2, 0.25) is 0 Å². The first-order chi connectivity index (χ1) is 7.61. The van der Waals surface area contributed by atoms with Crippen LogP contribution in [-0.4, -0.2) is 30.5 Å². The maximum atomic E-state index is 6.04. The summed E-state index contributed by atoms with van der Waals surface area (Å²) in [4.78, 5) is 0. The molecule has 0 amide bonds. The molecule has 1 unspecified atom stereocenters. The number of morpholine rings is 1. The van der Waals surface area contributed by atoms with Crippen LogP contribution >= 0.6 is 12.4 Å². The number of ether oxygens (including phenoxy) is 1. The summed E-state index contributed by atoms with van der Waals surface area (Å²) in [5.41, 5.74) is 1.17. The zero-order valence-electron chi connectivity index (χ0n) is 10.3. The lowest BCUT2D eigenvalue weighted by Crippen LogP contribution is -2.55. The molecule has 96 valence electrons. The van der Waals surface area contributed by atoms with Crippen molar-refractivity contribution in [1.29, 1.82) is 0 Å². The average Bonchev–Trinajstić information content (AvgIpc) is 2.66. The molecule has 1 fully saturated rings. The highest BCUT2D eigenvalue weighted by Crippen LogP contribution is 2.43. The third-order valence-electron chi connectivity index (χ3n) is 3.67. The molecule has 0 saturated carbocycles. The highest BCUT2D eigenvalue weighted by atomic mass is 35.5. The molecular weight excluding hydrogens is 240 g/mol. The van der Waals surface area contributed by atoms with E-state index in [-0.39, 0.29) is 23.4 Å². The van der Waals surface area contributed by atoms with Crippen LogP contribution in [0.5, 0.6) is 0 Å². The lowest BCUT2D eigenvalue weighted by atomic mass is 9.69. The van der Waals surface area contributed by atoms with Crippen molar-refractivity contribution in [2.24, 2.45) is 0 Å². The monoisotopic (exact) mass is 258 g/mol. The van der Waals surface area contributed by atoms with Crippen molar-refractivity contribution in [1.82, 2.24) is 10.5 Å². The van der Waals surface area contributed by atoms with Crippen molar-refractivity contribution >= 4 is 12.4 Å². The first-order valence-electron chi connectivity index (χ1n) is 5.90. The van der Waals surface area contributed by atoms with Crippen LogP contribution in [0.25, 0.3) is 0 Å². The molecule has 1 atom stereocenters. The maximum Gasteiger partial charge on any atom is 0.145 e. The molecule has 1 N–H and O–H groups in total. The molecule has 0 aromatic carbocycles.